The largest absolute Gasteiger partial charge is 0.465 e. The Morgan fingerprint density at radius 1 is 1.61 bits per heavy atom. The maximum absolute atomic E-state index is 12.0. The van der Waals surface area contributed by atoms with Crippen LogP contribution in [-0.2, 0) is 16.1 Å². The van der Waals surface area contributed by atoms with Crippen LogP contribution in [0.1, 0.15) is 27.2 Å². The molecule has 18 heavy (non-hydrogen) atoms. The lowest BCUT2D eigenvalue weighted by Gasteiger charge is -2.28. The molecule has 6 heteroatoms. The van der Waals surface area contributed by atoms with Gasteiger partial charge in [0, 0.05) is 6.20 Å². The third kappa shape index (κ3) is 3.99. The van der Waals surface area contributed by atoms with E-state index in [-0.39, 0.29) is 5.97 Å². The van der Waals surface area contributed by atoms with Crippen LogP contribution in [0.3, 0.4) is 0 Å². The summed E-state index contributed by atoms with van der Waals surface area (Å²) in [5, 5.41) is 7.85. The van der Waals surface area contributed by atoms with Gasteiger partial charge in [0.1, 0.15) is 5.54 Å². The van der Waals surface area contributed by atoms with Crippen molar-refractivity contribution in [2.45, 2.75) is 39.3 Å². The van der Waals surface area contributed by atoms with Gasteiger partial charge < -0.3 is 10.1 Å². The van der Waals surface area contributed by atoms with E-state index in [1.54, 1.807) is 24.0 Å². The van der Waals surface area contributed by atoms with E-state index in [1.165, 1.54) is 0 Å². The minimum absolute atomic E-state index is 0.273. The average Bonchev–Trinajstić information content (AvgIpc) is 2.72. The second kappa shape index (κ2) is 6.75. The summed E-state index contributed by atoms with van der Waals surface area (Å²) in [4.78, 5) is 12.0. The molecule has 1 heterocycles. The van der Waals surface area contributed by atoms with E-state index in [4.69, 9.17) is 16.3 Å². The highest BCUT2D eigenvalue weighted by Gasteiger charge is 2.34. The van der Waals surface area contributed by atoms with Crippen LogP contribution in [0, 0.1) is 0 Å². The van der Waals surface area contributed by atoms with Gasteiger partial charge in [0.05, 0.1) is 24.4 Å². The molecule has 1 N–H and O–H groups in total. The van der Waals surface area contributed by atoms with E-state index >= 15 is 0 Å². The Morgan fingerprint density at radius 3 is 2.83 bits per heavy atom. The zero-order valence-corrected chi connectivity index (χ0v) is 11.8. The van der Waals surface area contributed by atoms with Crippen LogP contribution in [0.25, 0.3) is 0 Å². The molecular weight excluding hydrogens is 254 g/mol. The first kappa shape index (κ1) is 15.0. The van der Waals surface area contributed by atoms with Crippen molar-refractivity contribution in [1.29, 1.82) is 0 Å². The fourth-order valence-corrected chi connectivity index (χ4v) is 1.79. The van der Waals surface area contributed by atoms with Gasteiger partial charge >= 0.3 is 5.97 Å². The Kier molecular flexibility index (Phi) is 5.62. The van der Waals surface area contributed by atoms with Crippen LogP contribution < -0.4 is 5.32 Å². The Balaban J connectivity index is 2.79. The summed E-state index contributed by atoms with van der Waals surface area (Å²) in [7, 11) is 0. The first-order chi connectivity index (χ1) is 8.51. The number of aromatic nitrogens is 2. The molecule has 0 saturated heterocycles. The quantitative estimate of drug-likeness (QED) is 0.771. The van der Waals surface area contributed by atoms with Gasteiger partial charge in [-0.25, -0.2) is 4.79 Å². The lowest BCUT2D eigenvalue weighted by molar-refractivity contribution is -0.151. The van der Waals surface area contributed by atoms with E-state index in [0.717, 1.165) is 13.0 Å². The summed E-state index contributed by atoms with van der Waals surface area (Å²) in [6.45, 7) is 7.15. The maximum Gasteiger partial charge on any atom is 0.327 e. The number of hydrogen-bond acceptors (Lipinski definition) is 4. The normalized spacial score (nSPS) is 14.2. The second-order valence-corrected chi connectivity index (χ2v) is 4.77. The van der Waals surface area contributed by atoms with Crippen molar-refractivity contribution in [2.24, 2.45) is 0 Å². The van der Waals surface area contributed by atoms with Crippen molar-refractivity contribution < 1.29 is 9.53 Å². The Morgan fingerprint density at radius 2 is 2.33 bits per heavy atom. The lowest BCUT2D eigenvalue weighted by Crippen LogP contribution is -2.53. The molecule has 0 bridgehead atoms. The zero-order valence-electron chi connectivity index (χ0n) is 11.1. The van der Waals surface area contributed by atoms with Crippen LogP contribution >= 0.6 is 11.6 Å². The number of hydrogen-bond donors (Lipinski definition) is 1. The van der Waals surface area contributed by atoms with Crippen LogP contribution in [0.2, 0.25) is 5.02 Å². The molecule has 0 saturated carbocycles. The molecule has 0 aliphatic heterocycles. The van der Waals surface area contributed by atoms with Gasteiger partial charge in [-0.3, -0.25) is 4.68 Å². The third-order valence-electron chi connectivity index (χ3n) is 2.57. The number of halogens is 1. The maximum atomic E-state index is 12.0. The Labute approximate surface area is 112 Å². The van der Waals surface area contributed by atoms with Gasteiger partial charge in [0.15, 0.2) is 0 Å². The number of carbonyl (C=O) groups is 1. The van der Waals surface area contributed by atoms with Gasteiger partial charge in [-0.1, -0.05) is 18.5 Å². The van der Waals surface area contributed by atoms with Crippen molar-refractivity contribution in [3.05, 3.63) is 17.4 Å². The van der Waals surface area contributed by atoms with Crippen molar-refractivity contribution in [1.82, 2.24) is 15.1 Å². The molecular formula is C12H20ClN3O2. The molecule has 102 valence electrons. The fraction of sp³-hybridized carbons (Fsp3) is 0.667. The fourth-order valence-electron chi connectivity index (χ4n) is 1.63. The van der Waals surface area contributed by atoms with Crippen LogP contribution in [0.5, 0.6) is 0 Å². The van der Waals surface area contributed by atoms with Crippen LogP contribution in [0.4, 0.5) is 0 Å². The molecule has 1 atom stereocenters. The number of carbonyl (C=O) groups excluding carboxylic acids is 1. The molecule has 0 aliphatic rings. The Hall–Kier alpha value is -1.07. The summed E-state index contributed by atoms with van der Waals surface area (Å²) >= 11 is 5.81. The van der Waals surface area contributed by atoms with Gasteiger partial charge in [-0.2, -0.15) is 5.10 Å². The summed E-state index contributed by atoms with van der Waals surface area (Å²) in [6, 6.07) is 0. The lowest BCUT2D eigenvalue weighted by atomic mass is 10.0. The minimum atomic E-state index is -0.790. The SMILES string of the molecule is CCCNC(C)(Cn1cc(Cl)cn1)C(=O)OCC. The summed E-state index contributed by atoms with van der Waals surface area (Å²) in [6.07, 6.45) is 4.18. The molecule has 1 rings (SSSR count). The molecule has 0 aromatic carbocycles. The smallest absolute Gasteiger partial charge is 0.327 e. The molecule has 1 aromatic rings. The summed E-state index contributed by atoms with van der Waals surface area (Å²) < 4.78 is 6.75. The number of nitrogens with zero attached hydrogens (tertiary/aromatic N) is 2. The highest BCUT2D eigenvalue weighted by atomic mass is 35.5. The summed E-state index contributed by atoms with van der Waals surface area (Å²) in [5.74, 6) is -0.273. The number of nitrogens with one attached hydrogen (secondary N) is 1. The molecule has 0 aliphatic carbocycles. The van der Waals surface area contributed by atoms with E-state index in [1.807, 2.05) is 13.8 Å². The minimum Gasteiger partial charge on any atom is -0.465 e. The van der Waals surface area contributed by atoms with E-state index < -0.39 is 5.54 Å². The molecule has 5 nitrogen and oxygen atoms in total. The first-order valence-electron chi connectivity index (χ1n) is 6.12. The summed E-state index contributed by atoms with van der Waals surface area (Å²) in [5.41, 5.74) is -0.790. The molecule has 0 spiro atoms. The van der Waals surface area contributed by atoms with Gasteiger partial charge in [-0.15, -0.1) is 0 Å². The van der Waals surface area contributed by atoms with E-state index in [0.29, 0.717) is 18.2 Å². The van der Waals surface area contributed by atoms with Gasteiger partial charge in [0.25, 0.3) is 0 Å². The molecule has 1 unspecified atom stereocenters. The van der Waals surface area contributed by atoms with Crippen molar-refractivity contribution in [2.75, 3.05) is 13.2 Å². The van der Waals surface area contributed by atoms with E-state index in [9.17, 15) is 4.79 Å². The van der Waals surface area contributed by atoms with E-state index in [2.05, 4.69) is 10.4 Å². The molecule has 0 fully saturated rings. The van der Waals surface area contributed by atoms with Gasteiger partial charge in [0.2, 0.25) is 0 Å². The monoisotopic (exact) mass is 273 g/mol. The third-order valence-corrected chi connectivity index (χ3v) is 2.77. The standard InChI is InChI=1S/C12H20ClN3O2/c1-4-6-14-12(3,11(17)18-5-2)9-16-8-10(13)7-15-16/h7-8,14H,4-6,9H2,1-3H3. The molecule has 0 radical (unpaired) electrons. The molecule has 1 aromatic heterocycles. The number of esters is 1. The Bertz CT molecular complexity index is 394. The first-order valence-corrected chi connectivity index (χ1v) is 6.50. The van der Waals surface area contributed by atoms with Crippen molar-refractivity contribution in [3.63, 3.8) is 0 Å². The second-order valence-electron chi connectivity index (χ2n) is 4.34. The predicted octanol–water partition coefficient (Wildman–Crippen LogP) is 1.86. The van der Waals surface area contributed by atoms with Crippen molar-refractivity contribution in [3.8, 4) is 0 Å². The number of ether oxygens (including phenoxy) is 1. The average molecular weight is 274 g/mol. The number of rotatable bonds is 7. The van der Waals surface area contributed by atoms with Crippen molar-refractivity contribution >= 4 is 17.6 Å². The molecule has 0 amide bonds. The highest BCUT2D eigenvalue weighted by molar-refractivity contribution is 6.30. The van der Waals surface area contributed by atoms with Gasteiger partial charge in [-0.05, 0) is 26.8 Å². The predicted molar refractivity (Wildman–Crippen MR) is 70.6 cm³/mol. The topological polar surface area (TPSA) is 56.2 Å². The zero-order chi connectivity index (χ0) is 13.6. The van der Waals surface area contributed by atoms with Crippen LogP contribution in [-0.4, -0.2) is 34.4 Å². The highest BCUT2D eigenvalue weighted by Crippen LogP contribution is 2.13. The van der Waals surface area contributed by atoms with Crippen LogP contribution in [0.15, 0.2) is 12.4 Å².